The van der Waals surface area contributed by atoms with E-state index in [4.69, 9.17) is 0 Å². The molecule has 1 heterocycles. The number of rotatable bonds is 23. The van der Waals surface area contributed by atoms with Crippen molar-refractivity contribution in [1.29, 1.82) is 0 Å². The van der Waals surface area contributed by atoms with E-state index in [1.54, 1.807) is 0 Å². The van der Waals surface area contributed by atoms with Gasteiger partial charge in [0, 0.05) is 18.4 Å². The van der Waals surface area contributed by atoms with E-state index in [2.05, 4.69) is 66.3 Å². The van der Waals surface area contributed by atoms with Crippen molar-refractivity contribution in [3.05, 3.63) is 54.6 Å². The molecule has 2 atom stereocenters. The summed E-state index contributed by atoms with van der Waals surface area (Å²) in [4.78, 5) is 4.43. The quantitative estimate of drug-likeness (QED) is 0.145. The predicted octanol–water partition coefficient (Wildman–Crippen LogP) is 10.7. The van der Waals surface area contributed by atoms with Crippen LogP contribution in [-0.2, 0) is 6.42 Å². The number of benzene rings is 1. The van der Waals surface area contributed by atoms with E-state index in [1.165, 1.54) is 134 Å². The van der Waals surface area contributed by atoms with E-state index < -0.39 is 0 Å². The molecule has 2 heteroatoms. The first-order chi connectivity index (χ1) is 17.3. The second-order valence-corrected chi connectivity index (χ2v) is 10.9. The zero-order valence-electron chi connectivity index (χ0n) is 23.3. The molecule has 0 fully saturated rings. The molecule has 0 aliphatic heterocycles. The Labute approximate surface area is 218 Å². The van der Waals surface area contributed by atoms with E-state index >= 15 is 0 Å². The molecular formula is C33H56N2. The number of unbranched alkanes of at least 4 members (excludes halogenated alkanes) is 15. The summed E-state index contributed by atoms with van der Waals surface area (Å²) in [5.74, 6) is 0.695. The van der Waals surface area contributed by atoms with E-state index in [0.717, 1.165) is 0 Å². The molecule has 0 radical (unpaired) electrons. The molecule has 2 rings (SSSR count). The smallest absolute Gasteiger partial charge is 0.0948 e. The Kier molecular flexibility index (Phi) is 17.5. The SMILES string of the molecule is CCCCCCCCCCCC(C(CCCCCCCCCC)Cc1ccccc1)n1ccnc1. The summed E-state index contributed by atoms with van der Waals surface area (Å²) in [6.07, 6.45) is 33.9. The van der Waals surface area contributed by atoms with Crippen LogP contribution in [0, 0.1) is 5.92 Å². The molecule has 0 bridgehead atoms. The summed E-state index contributed by atoms with van der Waals surface area (Å²) in [6.45, 7) is 4.61. The summed E-state index contributed by atoms with van der Waals surface area (Å²) in [5, 5.41) is 0. The van der Waals surface area contributed by atoms with Gasteiger partial charge in [-0.05, 0) is 30.7 Å². The van der Waals surface area contributed by atoms with Crippen LogP contribution < -0.4 is 0 Å². The highest BCUT2D eigenvalue weighted by molar-refractivity contribution is 5.15. The van der Waals surface area contributed by atoms with Gasteiger partial charge in [-0.15, -0.1) is 0 Å². The van der Waals surface area contributed by atoms with Crippen molar-refractivity contribution in [1.82, 2.24) is 9.55 Å². The number of hydrogen-bond donors (Lipinski definition) is 0. The van der Waals surface area contributed by atoms with Gasteiger partial charge in [-0.2, -0.15) is 0 Å². The van der Waals surface area contributed by atoms with Crippen LogP contribution in [0.3, 0.4) is 0 Å². The minimum absolute atomic E-state index is 0.576. The van der Waals surface area contributed by atoms with Crippen molar-refractivity contribution in [2.24, 2.45) is 5.92 Å². The summed E-state index contributed by atoms with van der Waals surface area (Å²) in [6, 6.07) is 11.8. The third kappa shape index (κ3) is 13.9. The van der Waals surface area contributed by atoms with Gasteiger partial charge in [0.1, 0.15) is 0 Å². The zero-order valence-corrected chi connectivity index (χ0v) is 23.3. The second kappa shape index (κ2) is 20.6. The average Bonchev–Trinajstić information content (AvgIpc) is 3.41. The molecule has 0 aliphatic rings. The van der Waals surface area contributed by atoms with Gasteiger partial charge >= 0.3 is 0 Å². The lowest BCUT2D eigenvalue weighted by Crippen LogP contribution is -2.21. The van der Waals surface area contributed by atoms with E-state index in [0.29, 0.717) is 12.0 Å². The van der Waals surface area contributed by atoms with Crippen molar-refractivity contribution in [3.8, 4) is 0 Å². The molecule has 1 aromatic heterocycles. The van der Waals surface area contributed by atoms with Crippen LogP contribution in [0.1, 0.15) is 147 Å². The molecule has 2 nitrogen and oxygen atoms in total. The molecule has 0 spiro atoms. The number of aromatic nitrogens is 2. The highest BCUT2D eigenvalue weighted by Crippen LogP contribution is 2.32. The van der Waals surface area contributed by atoms with Crippen LogP contribution in [0.2, 0.25) is 0 Å². The van der Waals surface area contributed by atoms with Gasteiger partial charge in [-0.25, -0.2) is 4.98 Å². The topological polar surface area (TPSA) is 17.8 Å². The molecule has 2 aromatic rings. The fourth-order valence-corrected chi connectivity index (χ4v) is 5.65. The maximum Gasteiger partial charge on any atom is 0.0948 e. The highest BCUT2D eigenvalue weighted by atomic mass is 15.1. The summed E-state index contributed by atoms with van der Waals surface area (Å²) >= 11 is 0. The van der Waals surface area contributed by atoms with Crippen LogP contribution in [0.5, 0.6) is 0 Å². The minimum atomic E-state index is 0.576. The third-order valence-electron chi connectivity index (χ3n) is 7.82. The molecule has 198 valence electrons. The average molecular weight is 481 g/mol. The molecule has 0 saturated carbocycles. The Balaban J connectivity index is 1.85. The van der Waals surface area contributed by atoms with Gasteiger partial charge < -0.3 is 4.57 Å². The first kappa shape index (κ1) is 29.7. The molecule has 0 N–H and O–H groups in total. The van der Waals surface area contributed by atoms with Crippen LogP contribution >= 0.6 is 0 Å². The summed E-state index contributed by atoms with van der Waals surface area (Å²) in [7, 11) is 0. The molecule has 35 heavy (non-hydrogen) atoms. The first-order valence-corrected chi connectivity index (χ1v) is 15.4. The van der Waals surface area contributed by atoms with Gasteiger partial charge in [0.2, 0.25) is 0 Å². The normalized spacial score (nSPS) is 13.2. The van der Waals surface area contributed by atoms with Crippen LogP contribution in [0.4, 0.5) is 0 Å². The fourth-order valence-electron chi connectivity index (χ4n) is 5.65. The van der Waals surface area contributed by atoms with Gasteiger partial charge in [0.15, 0.2) is 0 Å². The van der Waals surface area contributed by atoms with Crippen LogP contribution in [0.15, 0.2) is 49.1 Å². The molecule has 0 amide bonds. The lowest BCUT2D eigenvalue weighted by molar-refractivity contribution is 0.275. The predicted molar refractivity (Wildman–Crippen MR) is 154 cm³/mol. The van der Waals surface area contributed by atoms with Crippen LogP contribution in [-0.4, -0.2) is 9.55 Å². The maximum atomic E-state index is 4.43. The molecule has 1 aromatic carbocycles. The van der Waals surface area contributed by atoms with Crippen molar-refractivity contribution in [2.45, 2.75) is 148 Å². The molecule has 2 unspecified atom stereocenters. The van der Waals surface area contributed by atoms with Gasteiger partial charge in [0.25, 0.3) is 0 Å². The Morgan fingerprint density at radius 3 is 1.66 bits per heavy atom. The number of imidazole rings is 1. The van der Waals surface area contributed by atoms with Gasteiger partial charge in [-0.1, -0.05) is 153 Å². The van der Waals surface area contributed by atoms with Crippen LogP contribution in [0.25, 0.3) is 0 Å². The van der Waals surface area contributed by atoms with Crippen molar-refractivity contribution >= 4 is 0 Å². The molecule has 0 saturated heterocycles. The van der Waals surface area contributed by atoms with E-state index in [9.17, 15) is 0 Å². The summed E-state index contributed by atoms with van der Waals surface area (Å²) < 4.78 is 2.43. The molecular weight excluding hydrogens is 424 g/mol. The number of hydrogen-bond acceptors (Lipinski definition) is 1. The van der Waals surface area contributed by atoms with Gasteiger partial charge in [-0.3, -0.25) is 0 Å². The summed E-state index contributed by atoms with van der Waals surface area (Å²) in [5.41, 5.74) is 1.49. The maximum absolute atomic E-state index is 4.43. The third-order valence-corrected chi connectivity index (χ3v) is 7.82. The van der Waals surface area contributed by atoms with E-state index in [-0.39, 0.29) is 0 Å². The Morgan fingerprint density at radius 2 is 1.14 bits per heavy atom. The number of nitrogens with zero attached hydrogens (tertiary/aromatic N) is 2. The Bertz CT molecular complexity index is 678. The zero-order chi connectivity index (χ0) is 24.8. The highest BCUT2D eigenvalue weighted by Gasteiger charge is 2.23. The lowest BCUT2D eigenvalue weighted by atomic mass is 9.84. The van der Waals surface area contributed by atoms with Crippen molar-refractivity contribution in [3.63, 3.8) is 0 Å². The first-order valence-electron chi connectivity index (χ1n) is 15.4. The standard InChI is InChI=1S/C33H56N2/c1-3-5-7-9-11-13-15-17-22-26-33(35-28-27-34-30-35)32(29-31-23-19-18-20-24-31)25-21-16-14-12-10-8-6-4-2/h18-20,23-24,27-28,30,32-33H,3-17,21-22,25-26,29H2,1-2H3. The Hall–Kier alpha value is -1.57. The fraction of sp³-hybridized carbons (Fsp3) is 0.727. The van der Waals surface area contributed by atoms with Crippen molar-refractivity contribution in [2.75, 3.05) is 0 Å². The largest absolute Gasteiger partial charge is 0.334 e. The monoisotopic (exact) mass is 480 g/mol. The van der Waals surface area contributed by atoms with Gasteiger partial charge in [0.05, 0.1) is 6.33 Å². The van der Waals surface area contributed by atoms with Crippen molar-refractivity contribution < 1.29 is 0 Å². The Morgan fingerprint density at radius 1 is 0.629 bits per heavy atom. The van der Waals surface area contributed by atoms with E-state index in [1.807, 2.05) is 6.20 Å². The molecule has 0 aliphatic carbocycles. The second-order valence-electron chi connectivity index (χ2n) is 10.9. The lowest BCUT2D eigenvalue weighted by Gasteiger charge is -2.29. The minimum Gasteiger partial charge on any atom is -0.334 e.